The molecule has 4 nitrogen and oxygen atoms in total. The zero-order chi connectivity index (χ0) is 4.50. The van der Waals surface area contributed by atoms with Crippen molar-refractivity contribution in [2.24, 2.45) is 0 Å². The zero-order valence-corrected chi connectivity index (χ0v) is 8.09. The van der Waals surface area contributed by atoms with Gasteiger partial charge >= 0.3 is 9.05 Å². The van der Waals surface area contributed by atoms with Crippen LogP contribution in [0.4, 0.5) is 0 Å². The van der Waals surface area contributed by atoms with Crippen LogP contribution in [0.25, 0.3) is 0 Å². The predicted molar refractivity (Wildman–Crippen MR) is 14.6 cm³/mol. The standard InChI is InChI=1S/H4O4Si.V.Zr/c1-5(2,3)4;;/h1-4H;;. The smallest absolute Gasteiger partial charge is 0.368 e. The molecule has 7 heteroatoms. The van der Waals surface area contributed by atoms with Gasteiger partial charge in [-0.2, -0.15) is 0 Å². The fraction of sp³-hybridized carbons (Fsp3) is 0. The number of hydrogen-bond donors (Lipinski definition) is 4. The maximum atomic E-state index is 7.33. The van der Waals surface area contributed by atoms with Crippen molar-refractivity contribution in [1.29, 1.82) is 0 Å². The average Bonchev–Trinajstić information content (AvgIpc) is 0.722. The molecule has 0 aromatic heterocycles. The third-order valence-electron chi connectivity index (χ3n) is 0. The van der Waals surface area contributed by atoms with Gasteiger partial charge in [0, 0.05) is 44.8 Å². The summed E-state index contributed by atoms with van der Waals surface area (Å²) in [5.41, 5.74) is 0. The maximum absolute atomic E-state index is 7.33. The summed E-state index contributed by atoms with van der Waals surface area (Å²) in [5.74, 6) is 0. The summed E-state index contributed by atoms with van der Waals surface area (Å²) in [6.45, 7) is 0. The van der Waals surface area contributed by atoms with E-state index < -0.39 is 9.05 Å². The van der Waals surface area contributed by atoms with Crippen molar-refractivity contribution >= 4 is 9.05 Å². The van der Waals surface area contributed by atoms with E-state index in [1.807, 2.05) is 0 Å². The quantitative estimate of drug-likeness (QED) is 0.349. The summed E-state index contributed by atoms with van der Waals surface area (Å²) < 4.78 is 0. The summed E-state index contributed by atoms with van der Waals surface area (Å²) in [4.78, 5) is 29.3. The molecule has 1 radical (unpaired) electrons. The van der Waals surface area contributed by atoms with Crippen LogP contribution in [0.3, 0.4) is 0 Å². The Kier molecular flexibility index (Phi) is 12.8. The molecule has 0 aliphatic rings. The van der Waals surface area contributed by atoms with Gasteiger partial charge < -0.3 is 19.2 Å². The molecular weight excluding hydrogens is 234 g/mol. The molecule has 0 saturated heterocycles. The fourth-order valence-corrected chi connectivity index (χ4v) is 0. The molecule has 0 atom stereocenters. The van der Waals surface area contributed by atoms with Gasteiger partial charge in [-0.05, 0) is 0 Å². The van der Waals surface area contributed by atoms with Gasteiger partial charge in [-0.15, -0.1) is 0 Å². The van der Waals surface area contributed by atoms with Crippen molar-refractivity contribution in [3.05, 3.63) is 0 Å². The van der Waals surface area contributed by atoms with Crippen molar-refractivity contribution in [1.82, 2.24) is 0 Å². The second-order valence-electron chi connectivity index (χ2n) is 0.600. The molecule has 4 N–H and O–H groups in total. The van der Waals surface area contributed by atoms with Crippen LogP contribution in [0.2, 0.25) is 0 Å². The first-order valence-electron chi connectivity index (χ1n) is 0.894. The minimum Gasteiger partial charge on any atom is -0.368 e. The van der Waals surface area contributed by atoms with E-state index in [0.29, 0.717) is 0 Å². The van der Waals surface area contributed by atoms with Gasteiger partial charge in [-0.1, -0.05) is 0 Å². The molecule has 41 valence electrons. The summed E-state index contributed by atoms with van der Waals surface area (Å²) in [5, 5.41) is 0. The van der Waals surface area contributed by atoms with Gasteiger partial charge in [0.05, 0.1) is 0 Å². The number of rotatable bonds is 0. The van der Waals surface area contributed by atoms with E-state index in [1.165, 1.54) is 0 Å². The minimum absolute atomic E-state index is 0. The molecule has 0 amide bonds. The van der Waals surface area contributed by atoms with Crippen LogP contribution in [-0.2, 0) is 44.8 Å². The Bertz CT molecular complexity index is 27.2. The Balaban J connectivity index is -0.0000000800. The Hall–Kier alpha value is 1.52. The molecule has 0 heterocycles. The molecule has 0 unspecified atom stereocenters. The van der Waals surface area contributed by atoms with Crippen LogP contribution >= 0.6 is 0 Å². The first kappa shape index (κ1) is 15.8. The fourth-order valence-electron chi connectivity index (χ4n) is 0. The van der Waals surface area contributed by atoms with E-state index in [2.05, 4.69) is 0 Å². The van der Waals surface area contributed by atoms with Gasteiger partial charge in [-0.25, -0.2) is 0 Å². The summed E-state index contributed by atoms with van der Waals surface area (Å²) in [6.07, 6.45) is 0. The van der Waals surface area contributed by atoms with E-state index in [1.54, 1.807) is 0 Å². The van der Waals surface area contributed by atoms with E-state index in [-0.39, 0.29) is 44.8 Å². The van der Waals surface area contributed by atoms with Crippen molar-refractivity contribution in [3.8, 4) is 0 Å². The molecule has 0 aliphatic heterocycles. The zero-order valence-electron chi connectivity index (χ0n) is 3.24. The van der Waals surface area contributed by atoms with Crippen molar-refractivity contribution in [2.75, 3.05) is 0 Å². The van der Waals surface area contributed by atoms with E-state index in [4.69, 9.17) is 19.2 Å². The van der Waals surface area contributed by atoms with Crippen LogP contribution in [0.1, 0.15) is 0 Å². The second-order valence-corrected chi connectivity index (χ2v) is 1.80. The normalized spacial score (nSPS) is 8.57. The van der Waals surface area contributed by atoms with Crippen LogP contribution in [0, 0.1) is 0 Å². The van der Waals surface area contributed by atoms with Gasteiger partial charge in [0.1, 0.15) is 0 Å². The molecule has 0 fully saturated rings. The van der Waals surface area contributed by atoms with Crippen LogP contribution in [0.15, 0.2) is 0 Å². The van der Waals surface area contributed by atoms with Crippen LogP contribution < -0.4 is 0 Å². The molecule has 0 saturated carbocycles. The Morgan fingerprint density at radius 2 is 0.857 bits per heavy atom. The van der Waals surface area contributed by atoms with Crippen LogP contribution in [0.5, 0.6) is 0 Å². The summed E-state index contributed by atoms with van der Waals surface area (Å²) in [7, 11) is -4.61. The molecule has 0 rings (SSSR count). The molecule has 0 spiro atoms. The van der Waals surface area contributed by atoms with Gasteiger partial charge in [0.15, 0.2) is 0 Å². The summed E-state index contributed by atoms with van der Waals surface area (Å²) >= 11 is 0. The van der Waals surface area contributed by atoms with Gasteiger partial charge in [0.2, 0.25) is 0 Å². The third-order valence-corrected chi connectivity index (χ3v) is 0. The first-order chi connectivity index (χ1) is 2.00. The minimum atomic E-state index is -4.61. The molecule has 0 bridgehead atoms. The van der Waals surface area contributed by atoms with Crippen LogP contribution in [-0.4, -0.2) is 28.2 Å². The molecule has 0 aliphatic carbocycles. The Morgan fingerprint density at radius 1 is 0.857 bits per heavy atom. The first-order valence-corrected chi connectivity index (χ1v) is 2.68. The third kappa shape index (κ3) is 98.8. The number of hydrogen-bond acceptors (Lipinski definition) is 4. The Morgan fingerprint density at radius 3 is 0.857 bits per heavy atom. The van der Waals surface area contributed by atoms with E-state index in [9.17, 15) is 0 Å². The van der Waals surface area contributed by atoms with Gasteiger partial charge in [-0.3, -0.25) is 0 Å². The molecular formula is H4O4SiVZr. The topological polar surface area (TPSA) is 80.9 Å². The SMILES string of the molecule is O[Si](O)(O)O.[V].[Zr]. The summed E-state index contributed by atoms with van der Waals surface area (Å²) in [6, 6.07) is 0. The average molecular weight is 238 g/mol. The van der Waals surface area contributed by atoms with E-state index in [0.717, 1.165) is 0 Å². The molecule has 7 heavy (non-hydrogen) atoms. The van der Waals surface area contributed by atoms with E-state index >= 15 is 0 Å². The van der Waals surface area contributed by atoms with Gasteiger partial charge in [0.25, 0.3) is 0 Å². The largest absolute Gasteiger partial charge is 0.668 e. The maximum Gasteiger partial charge on any atom is 0.668 e. The van der Waals surface area contributed by atoms with Crippen molar-refractivity contribution < 1.29 is 63.9 Å². The predicted octanol–water partition coefficient (Wildman–Crippen LogP) is -2.61. The molecule has 0 aromatic rings. The Labute approximate surface area is 72.7 Å². The van der Waals surface area contributed by atoms with Crippen molar-refractivity contribution in [3.63, 3.8) is 0 Å². The second kappa shape index (κ2) is 5.66. The monoisotopic (exact) mass is 237 g/mol. The molecule has 0 aromatic carbocycles. The van der Waals surface area contributed by atoms with Crippen molar-refractivity contribution in [2.45, 2.75) is 0 Å².